The first kappa shape index (κ1) is 49.6. The van der Waals surface area contributed by atoms with Crippen molar-refractivity contribution < 1.29 is 86.3 Å². The second-order valence-electron chi connectivity index (χ2n) is 15.5. The first-order chi connectivity index (χ1) is 29.0. The minimum atomic E-state index is -4.36. The van der Waals surface area contributed by atoms with Gasteiger partial charge in [-0.3, -0.25) is 38.2 Å². The molecule has 0 spiro atoms. The quantitative estimate of drug-likeness (QED) is 0.0353. The van der Waals surface area contributed by atoms with E-state index in [1.165, 1.54) is 32.1 Å². The van der Waals surface area contributed by atoms with Gasteiger partial charge in [0.2, 0.25) is 29.5 Å². The molecule has 24 heteroatoms. The zero-order valence-corrected chi connectivity index (χ0v) is 35.1. The van der Waals surface area contributed by atoms with Gasteiger partial charge >= 0.3 is 11.9 Å². The number of esters is 1. The van der Waals surface area contributed by atoms with Gasteiger partial charge in [-0.1, -0.05) is 19.9 Å². The Morgan fingerprint density at radius 1 is 0.968 bits per heavy atom. The van der Waals surface area contributed by atoms with E-state index >= 15 is 0 Å². The summed E-state index contributed by atoms with van der Waals surface area (Å²) in [5.74, 6) is -7.05. The molecule has 3 aliphatic rings. The van der Waals surface area contributed by atoms with E-state index in [1.54, 1.807) is 19.9 Å². The molecule has 62 heavy (non-hydrogen) atoms. The number of likely N-dealkylation sites (tertiary alicyclic amines) is 1. The van der Waals surface area contributed by atoms with Crippen LogP contribution in [0.15, 0.2) is 30.4 Å². The number of nitrogens with zero attached hydrogens (tertiary/aromatic N) is 2. The third-order valence-electron chi connectivity index (χ3n) is 10.5. The van der Waals surface area contributed by atoms with Crippen molar-refractivity contribution in [3.05, 3.63) is 41.5 Å². The Kier molecular flexibility index (Phi) is 17.1. The molecular formula is C38H53N5O18S. The first-order valence-electron chi connectivity index (χ1n) is 19.6. The van der Waals surface area contributed by atoms with E-state index in [0.29, 0.717) is 11.1 Å². The molecule has 0 aliphatic carbocycles. The van der Waals surface area contributed by atoms with Gasteiger partial charge < -0.3 is 60.6 Å². The second-order valence-corrected chi connectivity index (χ2v) is 17.0. The molecule has 1 aromatic rings. The molecule has 0 bridgehead atoms. The lowest BCUT2D eigenvalue weighted by atomic mass is 9.91. The second kappa shape index (κ2) is 21.3. The fraction of sp³-hybridized carbons (Fsp3) is 0.605. The lowest BCUT2D eigenvalue weighted by Gasteiger charge is -2.39. The summed E-state index contributed by atoms with van der Waals surface area (Å²) >= 11 is 0. The number of anilines is 1. The number of aliphatic hydroxyl groups excluding tert-OH is 4. The third kappa shape index (κ3) is 13.0. The Labute approximate surface area is 356 Å². The summed E-state index contributed by atoms with van der Waals surface area (Å²) in [6.45, 7) is 4.25. The molecule has 344 valence electrons. The highest BCUT2D eigenvalue weighted by atomic mass is 32.2. The zero-order valence-electron chi connectivity index (χ0n) is 34.3. The molecule has 3 heterocycles. The van der Waals surface area contributed by atoms with Gasteiger partial charge in [0.15, 0.2) is 6.10 Å². The summed E-state index contributed by atoms with van der Waals surface area (Å²) in [6, 6.07) is 0.0488. The standard InChI is InChI=1S/C38H53N5O18S/c1-18(2)30(41-27(45)15-42-24(17-59-11-12-62(56,57)58)14-25(37(42)53)43-28(46)9-10-29(43)47)36(52)39-19(3)35(51)40-23-7-5-22(16-60-20(4)44)21(13-23)6-8-26-31(48)32(49)33(50)34(61-26)38(54)55/h5,7,9-10,13,18-19,24-26,28,30-34,46,48-50H,6,8,11-12,14-17H2,1-4H3,(H,39,52)(H,40,51)(H,41,45)(H,54,55)(H,56,57,58)/t19-,24-,25-,26-,28?,30-,31-,32+,33-,34-/m0/s1. The maximum atomic E-state index is 13.5. The number of nitrogens with one attached hydrogen (secondary N) is 3. The number of aliphatic carboxylic acids is 1. The monoisotopic (exact) mass is 899 g/mol. The van der Waals surface area contributed by atoms with Gasteiger partial charge in [-0.15, -0.1) is 0 Å². The summed E-state index contributed by atoms with van der Waals surface area (Å²) < 4.78 is 47.2. The van der Waals surface area contributed by atoms with Crippen LogP contribution in [-0.4, -0.2) is 176 Å². The minimum Gasteiger partial charge on any atom is -0.479 e. The number of hydrogen-bond donors (Lipinski definition) is 9. The molecule has 10 atom stereocenters. The number of amides is 5. The predicted molar refractivity (Wildman–Crippen MR) is 211 cm³/mol. The van der Waals surface area contributed by atoms with Gasteiger partial charge in [0.05, 0.1) is 37.7 Å². The lowest BCUT2D eigenvalue weighted by Crippen LogP contribution is -2.59. The predicted octanol–water partition coefficient (Wildman–Crippen LogP) is -3.21. The van der Waals surface area contributed by atoms with Crippen molar-refractivity contribution in [2.75, 3.05) is 30.8 Å². The van der Waals surface area contributed by atoms with Gasteiger partial charge in [0.25, 0.3) is 10.1 Å². The Hall–Kier alpha value is -5.08. The van der Waals surface area contributed by atoms with Crippen LogP contribution < -0.4 is 16.0 Å². The number of carbonyl (C=O) groups excluding carboxylic acids is 6. The van der Waals surface area contributed by atoms with Gasteiger partial charge in [0, 0.05) is 18.7 Å². The number of carboxylic acids is 1. The smallest absolute Gasteiger partial charge is 0.335 e. The summed E-state index contributed by atoms with van der Waals surface area (Å²) in [4.78, 5) is 91.4. The van der Waals surface area contributed by atoms with Crippen LogP contribution in [0.3, 0.4) is 0 Å². The molecule has 4 rings (SSSR count). The molecule has 0 aromatic heterocycles. The topological polar surface area (TPSA) is 345 Å². The van der Waals surface area contributed by atoms with Crippen molar-refractivity contribution in [1.82, 2.24) is 20.4 Å². The van der Waals surface area contributed by atoms with E-state index in [0.717, 1.165) is 15.9 Å². The Balaban J connectivity index is 1.41. The van der Waals surface area contributed by atoms with Crippen molar-refractivity contribution >= 4 is 57.3 Å². The largest absolute Gasteiger partial charge is 0.479 e. The van der Waals surface area contributed by atoms with Crippen LogP contribution in [0.25, 0.3) is 0 Å². The Morgan fingerprint density at radius 3 is 2.26 bits per heavy atom. The van der Waals surface area contributed by atoms with Crippen LogP contribution in [-0.2, 0) is 70.9 Å². The highest BCUT2D eigenvalue weighted by Gasteiger charge is 2.48. The van der Waals surface area contributed by atoms with Gasteiger partial charge in [0.1, 0.15) is 49.3 Å². The number of carboxylic acid groups (broad SMARTS) is 1. The van der Waals surface area contributed by atoms with Crippen LogP contribution in [0.5, 0.6) is 0 Å². The first-order valence-corrected chi connectivity index (χ1v) is 21.2. The van der Waals surface area contributed by atoms with Crippen LogP contribution in [0.1, 0.15) is 51.7 Å². The van der Waals surface area contributed by atoms with Crippen molar-refractivity contribution in [3.8, 4) is 0 Å². The highest BCUT2D eigenvalue weighted by molar-refractivity contribution is 7.85. The van der Waals surface area contributed by atoms with E-state index in [9.17, 15) is 67.5 Å². The van der Waals surface area contributed by atoms with Crippen LogP contribution >= 0.6 is 0 Å². The Bertz CT molecular complexity index is 2000. The minimum absolute atomic E-state index is 0.0558. The van der Waals surface area contributed by atoms with Crippen LogP contribution in [0.2, 0.25) is 0 Å². The average molecular weight is 900 g/mol. The maximum absolute atomic E-state index is 13.5. The van der Waals surface area contributed by atoms with Crippen molar-refractivity contribution in [2.24, 2.45) is 5.92 Å². The van der Waals surface area contributed by atoms with E-state index in [2.05, 4.69) is 16.0 Å². The van der Waals surface area contributed by atoms with Crippen LogP contribution in [0, 0.1) is 5.92 Å². The lowest BCUT2D eigenvalue weighted by molar-refractivity contribution is -0.228. The van der Waals surface area contributed by atoms with Crippen molar-refractivity contribution in [3.63, 3.8) is 0 Å². The fourth-order valence-electron chi connectivity index (χ4n) is 7.13. The van der Waals surface area contributed by atoms with E-state index < -0.39 is 137 Å². The molecule has 1 unspecified atom stereocenters. The molecule has 9 N–H and O–H groups in total. The van der Waals surface area contributed by atoms with Gasteiger partial charge in [-0.05, 0) is 61.4 Å². The van der Waals surface area contributed by atoms with Gasteiger partial charge in [-0.2, -0.15) is 8.42 Å². The maximum Gasteiger partial charge on any atom is 0.335 e. The van der Waals surface area contributed by atoms with Crippen LogP contribution in [0.4, 0.5) is 5.69 Å². The number of ether oxygens (including phenoxy) is 3. The van der Waals surface area contributed by atoms with Crippen molar-refractivity contribution in [2.45, 2.75) is 114 Å². The molecule has 0 radical (unpaired) electrons. The molecule has 23 nitrogen and oxygen atoms in total. The van der Waals surface area contributed by atoms with E-state index in [1.807, 2.05) is 0 Å². The highest BCUT2D eigenvalue weighted by Crippen LogP contribution is 2.29. The summed E-state index contributed by atoms with van der Waals surface area (Å²) in [6.07, 6.45) is -7.60. The summed E-state index contributed by atoms with van der Waals surface area (Å²) in [5.41, 5.74) is 1.18. The fourth-order valence-corrected chi connectivity index (χ4v) is 7.46. The summed E-state index contributed by atoms with van der Waals surface area (Å²) in [5, 5.41) is 58.2. The number of aryl methyl sites for hydroxylation is 1. The average Bonchev–Trinajstić information content (AvgIpc) is 3.67. The molecular weight excluding hydrogens is 847 g/mol. The summed E-state index contributed by atoms with van der Waals surface area (Å²) in [7, 11) is -4.36. The van der Waals surface area contributed by atoms with Crippen molar-refractivity contribution in [1.29, 1.82) is 0 Å². The SMILES string of the molecule is CC(=O)OCc1ccc(NC(=O)[C@H](C)NC(=O)[C@@H](NC(=O)CN2C(=O)[C@@H](N3C(=O)C=CC3O)C[C@H]2COCCS(=O)(=O)O)C(C)C)cc1CC[C@@H]1O[C@H](C(=O)O)[C@@H](O)[C@H](O)[C@H]1O. The number of rotatable bonds is 20. The molecule has 2 saturated heterocycles. The molecule has 5 amide bonds. The van der Waals surface area contributed by atoms with Gasteiger partial charge in [-0.25, -0.2) is 4.79 Å². The number of aliphatic hydroxyl groups is 4. The number of benzene rings is 1. The normalized spacial score (nSPS) is 26.0. The van der Waals surface area contributed by atoms with E-state index in [4.69, 9.17) is 18.8 Å². The molecule has 0 saturated carbocycles. The number of hydrogen-bond acceptors (Lipinski definition) is 16. The molecule has 1 aromatic carbocycles. The van der Waals surface area contributed by atoms with E-state index in [-0.39, 0.29) is 38.2 Å². The third-order valence-corrected chi connectivity index (χ3v) is 11.2. The Morgan fingerprint density at radius 2 is 1.66 bits per heavy atom. The molecule has 2 fully saturated rings. The number of carbonyl (C=O) groups is 7. The molecule has 3 aliphatic heterocycles. The zero-order chi connectivity index (χ0) is 46.2.